The molecule has 3 N–H and O–H groups in total. The minimum absolute atomic E-state index is 0.0689. The third kappa shape index (κ3) is 6.31. The van der Waals surface area contributed by atoms with Crippen LogP contribution in [0.3, 0.4) is 0 Å². The van der Waals surface area contributed by atoms with Crippen LogP contribution >= 0.6 is 0 Å². The molecular weight excluding hydrogens is 382 g/mol. The molecule has 0 bridgehead atoms. The summed E-state index contributed by atoms with van der Waals surface area (Å²) in [4.78, 5) is 45.9. The molecule has 2 aromatic rings. The third-order valence-corrected chi connectivity index (χ3v) is 3.82. The van der Waals surface area contributed by atoms with Gasteiger partial charge in [-0.25, -0.2) is 0 Å². The van der Waals surface area contributed by atoms with Crippen molar-refractivity contribution in [2.75, 3.05) is 24.8 Å². The quantitative estimate of drug-likeness (QED) is 0.214. The molecule has 0 unspecified atom stereocenters. The van der Waals surface area contributed by atoms with E-state index in [0.29, 0.717) is 11.3 Å². The standard InChI is InChI=1S/C19H19N3O7/c1-28-17-10-14(22(26)27)6-7-15(17)21-18(24)11-29-19(25)9-8-16(23)12-2-4-13(20)5-3-12/h2-7,10H,8-9,11,20H2,1H3,(H,21,24). The van der Waals surface area contributed by atoms with Gasteiger partial charge in [0.1, 0.15) is 5.75 Å². The molecule has 29 heavy (non-hydrogen) atoms. The number of nitro groups is 1. The highest BCUT2D eigenvalue weighted by Crippen LogP contribution is 2.28. The number of Topliss-reactive ketones (excluding diaryl/α,β-unsaturated/α-hetero) is 1. The Hall–Kier alpha value is -3.95. The molecule has 0 fully saturated rings. The molecule has 0 saturated heterocycles. The number of nitrogens with one attached hydrogen (secondary N) is 1. The van der Waals surface area contributed by atoms with Crippen LogP contribution in [0.25, 0.3) is 0 Å². The molecule has 2 aromatic carbocycles. The van der Waals surface area contributed by atoms with Gasteiger partial charge in [0.05, 0.1) is 30.2 Å². The van der Waals surface area contributed by atoms with Gasteiger partial charge in [-0.3, -0.25) is 24.5 Å². The normalized spacial score (nSPS) is 10.1. The summed E-state index contributed by atoms with van der Waals surface area (Å²) in [6.45, 7) is -0.574. The fourth-order valence-electron chi connectivity index (χ4n) is 2.33. The van der Waals surface area contributed by atoms with E-state index in [2.05, 4.69) is 5.32 Å². The molecular formula is C19H19N3O7. The number of nitrogens with two attached hydrogens (primary N) is 1. The Balaban J connectivity index is 1.81. The molecule has 0 heterocycles. The summed E-state index contributed by atoms with van der Waals surface area (Å²) in [5, 5.41) is 13.2. The van der Waals surface area contributed by atoms with E-state index in [1.807, 2.05) is 0 Å². The number of rotatable bonds is 9. The van der Waals surface area contributed by atoms with Crippen molar-refractivity contribution in [3.8, 4) is 5.75 Å². The zero-order valence-electron chi connectivity index (χ0n) is 15.5. The number of nitrogens with zero attached hydrogens (tertiary/aromatic N) is 1. The van der Waals surface area contributed by atoms with Gasteiger partial charge in [-0.2, -0.15) is 0 Å². The van der Waals surface area contributed by atoms with E-state index in [4.69, 9.17) is 15.2 Å². The summed E-state index contributed by atoms with van der Waals surface area (Å²) in [6, 6.07) is 9.96. The molecule has 152 valence electrons. The molecule has 1 amide bonds. The Morgan fingerprint density at radius 1 is 1.10 bits per heavy atom. The van der Waals surface area contributed by atoms with Crippen molar-refractivity contribution < 1.29 is 28.8 Å². The van der Waals surface area contributed by atoms with Crippen molar-refractivity contribution in [1.82, 2.24) is 0 Å². The highest BCUT2D eigenvalue weighted by molar-refractivity contribution is 5.98. The number of carbonyl (C=O) groups is 3. The van der Waals surface area contributed by atoms with E-state index in [1.165, 1.54) is 19.2 Å². The van der Waals surface area contributed by atoms with E-state index in [-0.39, 0.29) is 35.7 Å². The predicted molar refractivity (Wildman–Crippen MR) is 104 cm³/mol. The van der Waals surface area contributed by atoms with Gasteiger partial charge in [0, 0.05) is 23.7 Å². The number of benzene rings is 2. The monoisotopic (exact) mass is 401 g/mol. The third-order valence-electron chi connectivity index (χ3n) is 3.82. The zero-order chi connectivity index (χ0) is 21.4. The molecule has 0 aliphatic carbocycles. The van der Waals surface area contributed by atoms with E-state index in [0.717, 1.165) is 6.07 Å². The van der Waals surface area contributed by atoms with Crippen molar-refractivity contribution in [3.05, 3.63) is 58.1 Å². The number of nitrogen functional groups attached to an aromatic ring is 1. The highest BCUT2D eigenvalue weighted by Gasteiger charge is 2.15. The van der Waals surface area contributed by atoms with Crippen molar-refractivity contribution in [3.63, 3.8) is 0 Å². The number of carbonyl (C=O) groups excluding carboxylic acids is 3. The number of hydrogen-bond acceptors (Lipinski definition) is 8. The lowest BCUT2D eigenvalue weighted by molar-refractivity contribution is -0.384. The Kier molecular flexibility index (Phi) is 7.24. The van der Waals surface area contributed by atoms with Crippen LogP contribution < -0.4 is 15.8 Å². The number of anilines is 2. The molecule has 0 saturated carbocycles. The van der Waals surface area contributed by atoms with Crippen molar-refractivity contribution in [2.45, 2.75) is 12.8 Å². The van der Waals surface area contributed by atoms with Crippen LogP contribution in [0, 0.1) is 10.1 Å². The van der Waals surface area contributed by atoms with Gasteiger partial charge in [0.15, 0.2) is 12.4 Å². The highest BCUT2D eigenvalue weighted by atomic mass is 16.6. The van der Waals surface area contributed by atoms with Crippen LogP contribution in [-0.4, -0.2) is 36.3 Å². The Labute approximate surface area is 165 Å². The summed E-state index contributed by atoms with van der Waals surface area (Å²) < 4.78 is 9.85. The fourth-order valence-corrected chi connectivity index (χ4v) is 2.33. The van der Waals surface area contributed by atoms with Crippen LogP contribution in [0.15, 0.2) is 42.5 Å². The number of non-ortho nitro benzene ring substituents is 1. The Morgan fingerprint density at radius 2 is 1.79 bits per heavy atom. The van der Waals surface area contributed by atoms with Crippen LogP contribution in [0.2, 0.25) is 0 Å². The smallest absolute Gasteiger partial charge is 0.306 e. The minimum atomic E-state index is -0.709. The molecule has 0 aliphatic rings. The summed E-state index contributed by atoms with van der Waals surface area (Å²) in [7, 11) is 1.30. The van der Waals surface area contributed by atoms with Crippen molar-refractivity contribution >= 4 is 34.7 Å². The van der Waals surface area contributed by atoms with Gasteiger partial charge < -0.3 is 20.5 Å². The maximum atomic E-state index is 12.0. The topological polar surface area (TPSA) is 151 Å². The minimum Gasteiger partial charge on any atom is -0.494 e. The first-order valence-electron chi connectivity index (χ1n) is 8.47. The van der Waals surface area contributed by atoms with Gasteiger partial charge in [0.2, 0.25) is 0 Å². The predicted octanol–water partition coefficient (Wildman–Crippen LogP) is 2.33. The second-order valence-corrected chi connectivity index (χ2v) is 5.90. The van der Waals surface area contributed by atoms with E-state index < -0.39 is 23.4 Å². The first-order valence-corrected chi connectivity index (χ1v) is 8.47. The average molecular weight is 401 g/mol. The molecule has 0 atom stereocenters. The Morgan fingerprint density at radius 3 is 2.41 bits per heavy atom. The lowest BCUT2D eigenvalue weighted by atomic mass is 10.1. The van der Waals surface area contributed by atoms with Gasteiger partial charge in [-0.1, -0.05) is 0 Å². The second kappa shape index (κ2) is 9.83. The summed E-state index contributed by atoms with van der Waals surface area (Å²) in [6.07, 6.45) is -0.252. The summed E-state index contributed by atoms with van der Waals surface area (Å²) in [5.74, 6) is -1.52. The number of ether oxygens (including phenoxy) is 2. The largest absolute Gasteiger partial charge is 0.494 e. The molecule has 0 spiro atoms. The molecule has 10 nitrogen and oxygen atoms in total. The fraction of sp³-hybridized carbons (Fsp3) is 0.211. The van der Waals surface area contributed by atoms with Crippen molar-refractivity contribution in [2.24, 2.45) is 0 Å². The average Bonchev–Trinajstić information content (AvgIpc) is 2.71. The second-order valence-electron chi connectivity index (χ2n) is 5.90. The molecule has 0 aromatic heterocycles. The van der Waals surface area contributed by atoms with E-state index in [1.54, 1.807) is 24.3 Å². The van der Waals surface area contributed by atoms with Crippen LogP contribution in [0.4, 0.5) is 17.1 Å². The number of ketones is 1. The maximum Gasteiger partial charge on any atom is 0.306 e. The van der Waals surface area contributed by atoms with E-state index in [9.17, 15) is 24.5 Å². The molecule has 0 aliphatic heterocycles. The first-order chi connectivity index (χ1) is 13.8. The lowest BCUT2D eigenvalue weighted by Gasteiger charge is -2.10. The molecule has 10 heteroatoms. The van der Waals surface area contributed by atoms with E-state index >= 15 is 0 Å². The zero-order valence-corrected chi connectivity index (χ0v) is 15.5. The van der Waals surface area contributed by atoms with Gasteiger partial charge in [-0.15, -0.1) is 0 Å². The van der Waals surface area contributed by atoms with Crippen LogP contribution in [0.5, 0.6) is 5.75 Å². The SMILES string of the molecule is COc1cc([N+](=O)[O-])ccc1NC(=O)COC(=O)CCC(=O)c1ccc(N)cc1. The maximum absolute atomic E-state index is 12.0. The van der Waals surface area contributed by atoms with Gasteiger partial charge in [0.25, 0.3) is 11.6 Å². The van der Waals surface area contributed by atoms with Gasteiger partial charge in [-0.05, 0) is 30.3 Å². The number of esters is 1. The van der Waals surface area contributed by atoms with Crippen LogP contribution in [0.1, 0.15) is 23.2 Å². The Bertz CT molecular complexity index is 926. The first kappa shape index (κ1) is 21.4. The number of methoxy groups -OCH3 is 1. The van der Waals surface area contributed by atoms with Crippen molar-refractivity contribution in [1.29, 1.82) is 0 Å². The number of amides is 1. The number of hydrogen-bond donors (Lipinski definition) is 2. The van der Waals surface area contributed by atoms with Crippen LogP contribution in [-0.2, 0) is 14.3 Å². The number of nitro benzene ring substituents is 1. The van der Waals surface area contributed by atoms with Gasteiger partial charge >= 0.3 is 5.97 Å². The molecule has 0 radical (unpaired) electrons. The summed E-state index contributed by atoms with van der Waals surface area (Å²) >= 11 is 0. The summed E-state index contributed by atoms with van der Waals surface area (Å²) in [5.41, 5.74) is 6.50. The lowest BCUT2D eigenvalue weighted by Crippen LogP contribution is -2.21. The molecule has 2 rings (SSSR count).